The molecule has 27 heavy (non-hydrogen) atoms. The van der Waals surface area contributed by atoms with Crippen LogP contribution in [0.1, 0.15) is 52.6 Å². The monoisotopic (exact) mass is 490 g/mol. The number of halogens is 1. The SMILES string of the molecule is CC(C)(CN=C(N)NC1CCOc2ccccc21)NC(=O)OC(C)(C)C.I. The minimum Gasteiger partial charge on any atom is -0.493 e. The number of rotatable bonds is 4. The smallest absolute Gasteiger partial charge is 0.408 e. The lowest BCUT2D eigenvalue weighted by Gasteiger charge is -2.28. The van der Waals surface area contributed by atoms with Gasteiger partial charge in [-0.3, -0.25) is 4.99 Å². The van der Waals surface area contributed by atoms with Gasteiger partial charge in [-0.2, -0.15) is 0 Å². The van der Waals surface area contributed by atoms with Gasteiger partial charge in [-0.1, -0.05) is 18.2 Å². The molecule has 0 radical (unpaired) electrons. The van der Waals surface area contributed by atoms with Crippen molar-refractivity contribution in [3.05, 3.63) is 29.8 Å². The number of ether oxygens (including phenoxy) is 2. The fourth-order valence-electron chi connectivity index (χ4n) is 2.62. The maximum absolute atomic E-state index is 11.9. The number of alkyl carbamates (subject to hydrolysis) is 1. The molecule has 1 aliphatic heterocycles. The maximum atomic E-state index is 11.9. The Morgan fingerprint density at radius 2 is 1.96 bits per heavy atom. The summed E-state index contributed by atoms with van der Waals surface area (Å²) >= 11 is 0. The normalized spacial score (nSPS) is 17.1. The van der Waals surface area contributed by atoms with E-state index in [-0.39, 0.29) is 30.0 Å². The number of nitrogens with one attached hydrogen (secondary N) is 2. The molecular formula is C19H31IN4O3. The lowest BCUT2D eigenvalue weighted by molar-refractivity contribution is 0.0476. The van der Waals surface area contributed by atoms with E-state index in [1.807, 2.05) is 58.9 Å². The number of hydrogen-bond acceptors (Lipinski definition) is 4. The van der Waals surface area contributed by atoms with Crippen molar-refractivity contribution in [3.8, 4) is 5.75 Å². The van der Waals surface area contributed by atoms with Crippen LogP contribution in [0.25, 0.3) is 0 Å². The van der Waals surface area contributed by atoms with Gasteiger partial charge in [0.05, 0.1) is 24.7 Å². The number of fused-ring (bicyclic) bond motifs is 1. The number of guanidine groups is 1. The van der Waals surface area contributed by atoms with Gasteiger partial charge in [-0.05, 0) is 40.7 Å². The van der Waals surface area contributed by atoms with Crippen LogP contribution in [-0.2, 0) is 4.74 Å². The number of nitrogens with zero attached hydrogens (tertiary/aromatic N) is 1. The highest BCUT2D eigenvalue weighted by Gasteiger charge is 2.25. The number of aliphatic imine (C=N–C) groups is 1. The molecule has 1 unspecified atom stereocenters. The first-order valence-corrected chi connectivity index (χ1v) is 8.85. The number of nitrogens with two attached hydrogens (primary N) is 1. The van der Waals surface area contributed by atoms with Gasteiger partial charge >= 0.3 is 6.09 Å². The van der Waals surface area contributed by atoms with E-state index in [0.717, 1.165) is 17.7 Å². The molecule has 2 rings (SSSR count). The molecule has 4 N–H and O–H groups in total. The Morgan fingerprint density at radius 1 is 1.30 bits per heavy atom. The molecule has 0 aromatic heterocycles. The highest BCUT2D eigenvalue weighted by molar-refractivity contribution is 14.0. The lowest BCUT2D eigenvalue weighted by Crippen LogP contribution is -2.48. The van der Waals surface area contributed by atoms with E-state index >= 15 is 0 Å². The first-order chi connectivity index (χ1) is 12.1. The molecule has 0 bridgehead atoms. The Bertz CT molecular complexity index is 671. The van der Waals surface area contributed by atoms with Gasteiger partial charge in [-0.25, -0.2) is 4.79 Å². The van der Waals surface area contributed by atoms with Gasteiger partial charge in [0.2, 0.25) is 0 Å². The minimum absolute atomic E-state index is 0. The number of carbonyl (C=O) groups is 1. The van der Waals surface area contributed by atoms with Gasteiger partial charge in [0, 0.05) is 12.0 Å². The largest absolute Gasteiger partial charge is 0.493 e. The molecule has 0 aliphatic carbocycles. The van der Waals surface area contributed by atoms with Crippen LogP contribution in [-0.4, -0.2) is 36.3 Å². The Morgan fingerprint density at radius 3 is 2.63 bits per heavy atom. The molecule has 0 saturated heterocycles. The van der Waals surface area contributed by atoms with Gasteiger partial charge in [0.25, 0.3) is 0 Å². The summed E-state index contributed by atoms with van der Waals surface area (Å²) in [7, 11) is 0. The van der Waals surface area contributed by atoms with E-state index < -0.39 is 17.2 Å². The zero-order valence-electron chi connectivity index (χ0n) is 16.7. The molecular weight excluding hydrogens is 459 g/mol. The van der Waals surface area contributed by atoms with Crippen LogP contribution in [0.4, 0.5) is 4.79 Å². The molecule has 1 atom stereocenters. The van der Waals surface area contributed by atoms with Crippen LogP contribution < -0.4 is 21.1 Å². The number of carbonyl (C=O) groups excluding carboxylic acids is 1. The highest BCUT2D eigenvalue weighted by atomic mass is 127. The molecule has 1 aromatic rings. The summed E-state index contributed by atoms with van der Waals surface area (Å²) in [5, 5.41) is 6.06. The van der Waals surface area contributed by atoms with E-state index in [1.54, 1.807) is 0 Å². The maximum Gasteiger partial charge on any atom is 0.408 e. The molecule has 1 heterocycles. The summed E-state index contributed by atoms with van der Waals surface area (Å²) in [4.78, 5) is 16.3. The Labute approximate surface area is 178 Å². The highest BCUT2D eigenvalue weighted by Crippen LogP contribution is 2.31. The number of amides is 1. The molecule has 152 valence electrons. The van der Waals surface area contributed by atoms with Crippen molar-refractivity contribution < 1.29 is 14.3 Å². The fourth-order valence-corrected chi connectivity index (χ4v) is 2.62. The number of benzene rings is 1. The first-order valence-electron chi connectivity index (χ1n) is 8.85. The quantitative estimate of drug-likeness (QED) is 0.342. The number of para-hydroxylation sites is 1. The summed E-state index contributed by atoms with van der Waals surface area (Å²) in [5.41, 5.74) is 6.01. The van der Waals surface area contributed by atoms with Crippen LogP contribution in [0.3, 0.4) is 0 Å². The Hall–Kier alpha value is -1.71. The van der Waals surface area contributed by atoms with Crippen molar-refractivity contribution in [1.29, 1.82) is 0 Å². The van der Waals surface area contributed by atoms with Gasteiger partial charge < -0.3 is 25.8 Å². The standard InChI is InChI=1S/C19H30N4O3.HI/c1-18(2,3)26-17(24)23-19(4,5)12-21-16(20)22-14-10-11-25-15-9-7-6-8-13(14)15;/h6-9,14H,10-12H2,1-5H3,(H,23,24)(H3,20,21,22);1H. The molecule has 1 amide bonds. The predicted octanol–water partition coefficient (Wildman–Crippen LogP) is 3.34. The minimum atomic E-state index is -0.581. The first kappa shape index (κ1) is 23.3. The van der Waals surface area contributed by atoms with Crippen LogP contribution in [0.15, 0.2) is 29.3 Å². The average Bonchev–Trinajstić information content (AvgIpc) is 2.51. The van der Waals surface area contributed by atoms with Crippen molar-refractivity contribution in [2.75, 3.05) is 13.2 Å². The van der Waals surface area contributed by atoms with Gasteiger partial charge in [0.1, 0.15) is 11.4 Å². The van der Waals surface area contributed by atoms with Crippen molar-refractivity contribution >= 4 is 36.0 Å². The summed E-state index contributed by atoms with van der Waals surface area (Å²) in [6.45, 7) is 10.2. The second-order valence-corrected chi connectivity index (χ2v) is 8.08. The Kier molecular flexibility index (Phi) is 8.19. The van der Waals surface area contributed by atoms with E-state index in [2.05, 4.69) is 15.6 Å². The topological polar surface area (TPSA) is 98.0 Å². The van der Waals surface area contributed by atoms with E-state index in [4.69, 9.17) is 15.2 Å². The van der Waals surface area contributed by atoms with E-state index in [1.165, 1.54) is 0 Å². The summed E-state index contributed by atoms with van der Waals surface area (Å²) in [6.07, 6.45) is 0.342. The Balaban J connectivity index is 0.00000364. The van der Waals surface area contributed by atoms with Crippen molar-refractivity contribution in [2.45, 2.75) is 58.2 Å². The molecule has 1 aliphatic rings. The molecule has 0 fully saturated rings. The number of hydrogen-bond donors (Lipinski definition) is 3. The third kappa shape index (κ3) is 7.82. The van der Waals surface area contributed by atoms with Crippen LogP contribution in [0.2, 0.25) is 0 Å². The summed E-state index contributed by atoms with van der Waals surface area (Å²) in [6, 6.07) is 7.95. The van der Waals surface area contributed by atoms with Crippen LogP contribution in [0, 0.1) is 0 Å². The predicted molar refractivity (Wildman–Crippen MR) is 118 cm³/mol. The third-order valence-corrected chi connectivity index (χ3v) is 3.76. The van der Waals surface area contributed by atoms with E-state index in [0.29, 0.717) is 19.1 Å². The molecule has 1 aromatic carbocycles. The molecule has 0 spiro atoms. The average molecular weight is 490 g/mol. The molecule has 0 saturated carbocycles. The van der Waals surface area contributed by atoms with Gasteiger partial charge in [0.15, 0.2) is 5.96 Å². The zero-order valence-corrected chi connectivity index (χ0v) is 19.0. The molecule has 7 nitrogen and oxygen atoms in total. The summed E-state index contributed by atoms with van der Waals surface area (Å²) in [5.74, 6) is 1.21. The second kappa shape index (κ2) is 9.48. The van der Waals surface area contributed by atoms with E-state index in [9.17, 15) is 4.79 Å². The summed E-state index contributed by atoms with van der Waals surface area (Å²) < 4.78 is 10.9. The zero-order chi connectivity index (χ0) is 19.4. The van der Waals surface area contributed by atoms with Crippen molar-refractivity contribution in [3.63, 3.8) is 0 Å². The van der Waals surface area contributed by atoms with Gasteiger partial charge in [-0.15, -0.1) is 24.0 Å². The fraction of sp³-hybridized carbons (Fsp3) is 0.579. The van der Waals surface area contributed by atoms with Crippen LogP contribution >= 0.6 is 24.0 Å². The van der Waals surface area contributed by atoms with Crippen molar-refractivity contribution in [2.24, 2.45) is 10.7 Å². The third-order valence-electron chi connectivity index (χ3n) is 3.76. The van der Waals surface area contributed by atoms with Crippen molar-refractivity contribution in [1.82, 2.24) is 10.6 Å². The second-order valence-electron chi connectivity index (χ2n) is 8.08. The lowest BCUT2D eigenvalue weighted by atomic mass is 10.0. The molecule has 8 heteroatoms. The van der Waals surface area contributed by atoms with Crippen LogP contribution in [0.5, 0.6) is 5.75 Å².